The average molecular weight is 844 g/mol. The van der Waals surface area contributed by atoms with Gasteiger partial charge in [-0.1, -0.05) is 0 Å². The van der Waals surface area contributed by atoms with Crippen molar-refractivity contribution in [1.29, 1.82) is 0 Å². The summed E-state index contributed by atoms with van der Waals surface area (Å²) < 4.78 is 21.1. The van der Waals surface area contributed by atoms with Crippen LogP contribution >= 0.6 is 67.8 Å². The van der Waals surface area contributed by atoms with Gasteiger partial charge >= 0.3 is 23.9 Å². The number of hydrogen-bond acceptors (Lipinski definition) is 10. The number of ether oxygens (including phenoxy) is 4. The van der Waals surface area contributed by atoms with Crippen LogP contribution in [0.3, 0.4) is 0 Å². The molecular weight excluding hydrogens is 821 g/mol. The van der Waals surface area contributed by atoms with Gasteiger partial charge in [-0.25, -0.2) is 0 Å². The molecular formula is C21H23I3N2O10. The highest BCUT2D eigenvalue weighted by atomic mass is 127. The first-order valence-corrected chi connectivity index (χ1v) is 13.3. The van der Waals surface area contributed by atoms with Crippen LogP contribution in [0.25, 0.3) is 0 Å². The maximum Gasteiger partial charge on any atom is 0.303 e. The van der Waals surface area contributed by atoms with Gasteiger partial charge in [-0.15, -0.1) is 0 Å². The Morgan fingerprint density at radius 1 is 0.722 bits per heavy atom. The van der Waals surface area contributed by atoms with E-state index < -0.39 is 48.3 Å². The monoisotopic (exact) mass is 844 g/mol. The fraction of sp³-hybridized carbons (Fsp3) is 0.429. The lowest BCUT2D eigenvalue weighted by Crippen LogP contribution is -2.43. The quantitative estimate of drug-likeness (QED) is 0.192. The Kier molecular flexibility index (Phi) is 13.9. The lowest BCUT2D eigenvalue weighted by atomic mass is 10.1. The predicted molar refractivity (Wildman–Crippen MR) is 150 cm³/mol. The molecule has 0 fully saturated rings. The number of benzene rings is 1. The molecule has 0 aliphatic carbocycles. The molecule has 2 amide bonds. The highest BCUT2D eigenvalue weighted by molar-refractivity contribution is 14.1. The van der Waals surface area contributed by atoms with E-state index in [1.807, 2.05) is 67.8 Å². The molecule has 0 unspecified atom stereocenters. The fourth-order valence-electron chi connectivity index (χ4n) is 2.49. The summed E-state index contributed by atoms with van der Waals surface area (Å²) >= 11 is 5.76. The number of carbonyl (C=O) groups is 6. The molecule has 1 rings (SSSR count). The summed E-state index contributed by atoms with van der Waals surface area (Å²) in [6.07, 6.45) is 0. The van der Waals surface area contributed by atoms with Gasteiger partial charge in [0.15, 0.2) is 6.61 Å². The third-order valence-electron chi connectivity index (χ3n) is 4.04. The van der Waals surface area contributed by atoms with E-state index in [0.29, 0.717) is 16.3 Å². The van der Waals surface area contributed by atoms with Crippen molar-refractivity contribution in [2.24, 2.45) is 0 Å². The van der Waals surface area contributed by atoms with Gasteiger partial charge < -0.3 is 29.6 Å². The van der Waals surface area contributed by atoms with Crippen molar-refractivity contribution in [2.45, 2.75) is 40.3 Å². The first-order chi connectivity index (χ1) is 16.7. The maximum atomic E-state index is 13.3. The molecule has 0 aliphatic heterocycles. The van der Waals surface area contributed by atoms with Crippen LogP contribution in [0.15, 0.2) is 0 Å². The molecule has 1 aromatic rings. The minimum atomic E-state index is -0.866. The molecule has 12 nitrogen and oxygen atoms in total. The van der Waals surface area contributed by atoms with Gasteiger partial charge in [0.1, 0.15) is 19.8 Å². The van der Waals surface area contributed by atoms with Gasteiger partial charge in [0.25, 0.3) is 11.8 Å². The van der Waals surface area contributed by atoms with E-state index in [1.165, 1.54) is 20.8 Å². The van der Waals surface area contributed by atoms with Crippen LogP contribution in [0.4, 0.5) is 5.69 Å². The Balaban J connectivity index is 3.45. The van der Waals surface area contributed by atoms with Gasteiger partial charge in [0.2, 0.25) is 0 Å². The summed E-state index contributed by atoms with van der Waals surface area (Å²) in [7, 11) is 0. The smallest absolute Gasteiger partial charge is 0.303 e. The number of halogens is 3. The molecule has 0 saturated carbocycles. The molecule has 0 atom stereocenters. The third kappa shape index (κ3) is 10.7. The average Bonchev–Trinajstić information content (AvgIpc) is 2.76. The molecule has 0 spiro atoms. The molecule has 0 bridgehead atoms. The van der Waals surface area contributed by atoms with Gasteiger partial charge in [0.05, 0.1) is 20.9 Å². The largest absolute Gasteiger partial charge is 0.464 e. The SMILES string of the molecule is CC(=O)OCC(=O)Nc1c(I)c(COC(C)=O)c(I)c(C(=O)NC(COC(C)=O)COC(C)=O)c1I. The number of esters is 4. The van der Waals surface area contributed by atoms with Gasteiger partial charge in [-0.3, -0.25) is 28.8 Å². The second-order valence-electron chi connectivity index (χ2n) is 7.05. The zero-order chi connectivity index (χ0) is 27.6. The second-order valence-corrected chi connectivity index (χ2v) is 10.3. The fourth-order valence-corrected chi connectivity index (χ4v) is 6.73. The van der Waals surface area contributed by atoms with E-state index in [1.54, 1.807) is 0 Å². The maximum absolute atomic E-state index is 13.3. The van der Waals surface area contributed by atoms with Crippen molar-refractivity contribution in [3.05, 3.63) is 21.8 Å². The molecule has 1 aromatic carbocycles. The topological polar surface area (TPSA) is 163 Å². The Hall–Kier alpha value is -1.77. The van der Waals surface area contributed by atoms with E-state index in [4.69, 9.17) is 18.9 Å². The number of carbonyl (C=O) groups excluding carboxylic acids is 6. The highest BCUT2D eigenvalue weighted by Gasteiger charge is 2.28. The van der Waals surface area contributed by atoms with E-state index >= 15 is 0 Å². The van der Waals surface area contributed by atoms with Crippen LogP contribution in [0.2, 0.25) is 0 Å². The lowest BCUT2D eigenvalue weighted by molar-refractivity contribution is -0.145. The number of nitrogens with one attached hydrogen (secondary N) is 2. The molecule has 0 saturated heterocycles. The standard InChI is InChI=1S/C21H23I3N2O10/c1-9(27)33-5-13(6-34-10(2)28)25-21(32)16-17(22)14(7-35-11(3)29)18(23)20(19(16)24)26-15(31)8-36-12(4)30/h13H,5-8H2,1-4H3,(H,25,32)(H,26,31). The lowest BCUT2D eigenvalue weighted by Gasteiger charge is -2.22. The first-order valence-electron chi connectivity index (χ1n) is 10.1. The minimum absolute atomic E-state index is 0.136. The van der Waals surface area contributed by atoms with Crippen molar-refractivity contribution < 1.29 is 47.7 Å². The van der Waals surface area contributed by atoms with Crippen LogP contribution in [-0.2, 0) is 49.5 Å². The Bertz CT molecular complexity index is 1040. The van der Waals surface area contributed by atoms with E-state index in [-0.39, 0.29) is 31.1 Å². The summed E-state index contributed by atoms with van der Waals surface area (Å²) in [6.45, 7) is 3.56. The van der Waals surface area contributed by atoms with E-state index in [9.17, 15) is 28.8 Å². The molecule has 36 heavy (non-hydrogen) atoms. The van der Waals surface area contributed by atoms with Crippen molar-refractivity contribution >= 4 is 109 Å². The third-order valence-corrected chi connectivity index (χ3v) is 7.50. The van der Waals surface area contributed by atoms with Gasteiger partial charge in [0, 0.05) is 40.4 Å². The van der Waals surface area contributed by atoms with Crippen molar-refractivity contribution in [3.63, 3.8) is 0 Å². The number of anilines is 1. The minimum Gasteiger partial charge on any atom is -0.464 e. The predicted octanol–water partition coefficient (Wildman–Crippen LogP) is 2.29. The zero-order valence-corrected chi connectivity index (χ0v) is 26.1. The Labute approximate surface area is 247 Å². The van der Waals surface area contributed by atoms with Crippen molar-refractivity contribution in [1.82, 2.24) is 5.32 Å². The van der Waals surface area contributed by atoms with Crippen LogP contribution in [0, 0.1) is 10.7 Å². The molecule has 0 radical (unpaired) electrons. The highest BCUT2D eigenvalue weighted by Crippen LogP contribution is 2.36. The number of amides is 2. The molecule has 15 heteroatoms. The first kappa shape index (κ1) is 32.3. The molecule has 0 aliphatic rings. The summed E-state index contributed by atoms with van der Waals surface area (Å²) in [5, 5.41) is 5.29. The van der Waals surface area contributed by atoms with Crippen LogP contribution < -0.4 is 10.6 Å². The number of rotatable bonds is 11. The van der Waals surface area contributed by atoms with E-state index in [0.717, 1.165) is 6.92 Å². The summed E-state index contributed by atoms with van der Waals surface area (Å²) in [5.41, 5.74) is 0.839. The summed E-state index contributed by atoms with van der Waals surface area (Å²) in [5.74, 6) is -3.62. The molecule has 198 valence electrons. The van der Waals surface area contributed by atoms with Crippen LogP contribution in [0.1, 0.15) is 43.6 Å². The van der Waals surface area contributed by atoms with E-state index in [2.05, 4.69) is 10.6 Å². The Morgan fingerprint density at radius 3 is 1.69 bits per heavy atom. The summed E-state index contributed by atoms with van der Waals surface area (Å²) in [4.78, 5) is 70.7. The van der Waals surface area contributed by atoms with Crippen molar-refractivity contribution in [3.8, 4) is 0 Å². The Morgan fingerprint density at radius 2 is 1.22 bits per heavy atom. The second kappa shape index (κ2) is 15.5. The zero-order valence-electron chi connectivity index (χ0n) is 19.6. The van der Waals surface area contributed by atoms with Crippen molar-refractivity contribution in [2.75, 3.05) is 25.1 Å². The van der Waals surface area contributed by atoms with Gasteiger partial charge in [-0.2, -0.15) is 0 Å². The normalized spacial score (nSPS) is 10.3. The van der Waals surface area contributed by atoms with Crippen LogP contribution in [-0.4, -0.2) is 61.6 Å². The van der Waals surface area contributed by atoms with Crippen LogP contribution in [0.5, 0.6) is 0 Å². The molecule has 0 aromatic heterocycles. The molecule has 2 N–H and O–H groups in total. The van der Waals surface area contributed by atoms with Gasteiger partial charge in [-0.05, 0) is 67.8 Å². The summed E-state index contributed by atoms with van der Waals surface area (Å²) in [6, 6.07) is -0.866. The number of hydrogen-bond donors (Lipinski definition) is 2. The molecule has 0 heterocycles.